The van der Waals surface area contributed by atoms with E-state index in [1.165, 1.54) is 4.90 Å². The van der Waals surface area contributed by atoms with Crippen LogP contribution in [0.4, 0.5) is 10.6 Å². The molecule has 47 heavy (non-hydrogen) atoms. The van der Waals surface area contributed by atoms with Gasteiger partial charge in [0, 0.05) is 77.4 Å². The normalized spacial score (nSPS) is 14.6. The van der Waals surface area contributed by atoms with Crippen molar-refractivity contribution in [2.75, 3.05) is 44.8 Å². The van der Waals surface area contributed by atoms with Crippen LogP contribution in [-0.2, 0) is 20.8 Å². The highest BCUT2D eigenvalue weighted by Crippen LogP contribution is 2.30. The number of amides is 1. The van der Waals surface area contributed by atoms with Crippen molar-refractivity contribution in [2.45, 2.75) is 76.8 Å². The van der Waals surface area contributed by atoms with Gasteiger partial charge in [-0.1, -0.05) is 57.5 Å². The molecule has 3 aromatic heterocycles. The largest absolute Gasteiger partial charge is 0.465 e. The molecule has 0 unspecified atom stereocenters. The average Bonchev–Trinajstić information content (AvgIpc) is 3.45. The summed E-state index contributed by atoms with van der Waals surface area (Å²) in [4.78, 5) is 25.8. The standard InChI is InChI=1S/C34H50N6O5Si2/c1-46(2,3)17-15-44-24-38(25-45-16-18-47(4,5)6)32-20-28(23-39(34(41)42)29-11-13-43-14-12-29)37-33-30(22-36-40(32)33)27-19-26-9-7-8-10-31(26)35-21-27/h7-10,19-22,29H,11-18,23-25H2,1-6H3,(H,41,42). The van der Waals surface area contributed by atoms with Crippen molar-refractivity contribution in [3.8, 4) is 11.1 Å². The molecule has 0 bridgehead atoms. The zero-order valence-electron chi connectivity index (χ0n) is 28.7. The first-order valence-corrected chi connectivity index (χ1v) is 24.0. The maximum absolute atomic E-state index is 12.5. The molecule has 0 saturated carbocycles. The first kappa shape index (κ1) is 35.0. The minimum absolute atomic E-state index is 0.136. The molecule has 254 valence electrons. The third kappa shape index (κ3) is 9.60. The molecule has 1 aromatic carbocycles. The van der Waals surface area contributed by atoms with Crippen LogP contribution < -0.4 is 4.90 Å². The summed E-state index contributed by atoms with van der Waals surface area (Å²) in [5.74, 6) is 0.739. The van der Waals surface area contributed by atoms with Gasteiger partial charge in [0.15, 0.2) is 5.65 Å². The van der Waals surface area contributed by atoms with Gasteiger partial charge in [-0.05, 0) is 37.1 Å². The van der Waals surface area contributed by atoms with Gasteiger partial charge in [0.25, 0.3) is 0 Å². The molecule has 1 N–H and O–H groups in total. The predicted octanol–water partition coefficient (Wildman–Crippen LogP) is 7.03. The van der Waals surface area contributed by atoms with Gasteiger partial charge in [-0.25, -0.2) is 9.78 Å². The van der Waals surface area contributed by atoms with Crippen molar-refractivity contribution < 1.29 is 24.1 Å². The number of hydrogen-bond acceptors (Lipinski definition) is 8. The Kier molecular flexibility index (Phi) is 11.3. The van der Waals surface area contributed by atoms with Crippen LogP contribution in [0.3, 0.4) is 0 Å². The third-order valence-electron chi connectivity index (χ3n) is 8.43. The second-order valence-corrected chi connectivity index (χ2v) is 26.0. The van der Waals surface area contributed by atoms with Crippen LogP contribution in [0.25, 0.3) is 27.7 Å². The third-order valence-corrected chi connectivity index (χ3v) is 11.8. The summed E-state index contributed by atoms with van der Waals surface area (Å²) in [7, 11) is -2.57. The van der Waals surface area contributed by atoms with E-state index in [4.69, 9.17) is 24.3 Å². The predicted molar refractivity (Wildman–Crippen MR) is 192 cm³/mol. The molecule has 13 heteroatoms. The van der Waals surface area contributed by atoms with Crippen molar-refractivity contribution in [1.82, 2.24) is 24.5 Å². The number of rotatable bonds is 15. The van der Waals surface area contributed by atoms with Crippen LogP contribution in [0, 0.1) is 0 Å². The second kappa shape index (κ2) is 15.2. The highest BCUT2D eigenvalue weighted by atomic mass is 28.3. The number of benzene rings is 1. The van der Waals surface area contributed by atoms with E-state index < -0.39 is 22.2 Å². The van der Waals surface area contributed by atoms with E-state index in [9.17, 15) is 9.90 Å². The molecule has 0 aliphatic carbocycles. The Balaban J connectivity index is 1.55. The molecule has 4 heterocycles. The minimum atomic E-state index is -1.29. The fourth-order valence-corrected chi connectivity index (χ4v) is 7.04. The van der Waals surface area contributed by atoms with Crippen LogP contribution in [0.2, 0.25) is 51.4 Å². The molecule has 1 aliphatic heterocycles. The summed E-state index contributed by atoms with van der Waals surface area (Å²) in [6.07, 6.45) is 4.00. The number of nitrogens with zero attached hydrogens (tertiary/aromatic N) is 6. The van der Waals surface area contributed by atoms with Gasteiger partial charge < -0.3 is 24.2 Å². The van der Waals surface area contributed by atoms with Gasteiger partial charge in [0.05, 0.1) is 24.0 Å². The van der Waals surface area contributed by atoms with Crippen molar-refractivity contribution in [2.24, 2.45) is 0 Å². The lowest BCUT2D eigenvalue weighted by molar-refractivity contribution is 0.0328. The molecule has 1 saturated heterocycles. The molecular formula is C34H50N6O5Si2. The number of carbonyl (C=O) groups is 1. The van der Waals surface area contributed by atoms with Crippen LogP contribution in [0.5, 0.6) is 0 Å². The molecular weight excluding hydrogens is 629 g/mol. The van der Waals surface area contributed by atoms with Gasteiger partial charge in [-0.3, -0.25) is 9.88 Å². The molecule has 0 spiro atoms. The second-order valence-electron chi connectivity index (χ2n) is 14.8. The first-order chi connectivity index (χ1) is 22.4. The van der Waals surface area contributed by atoms with E-state index in [-0.39, 0.29) is 12.6 Å². The molecule has 0 radical (unpaired) electrons. The number of ether oxygens (including phenoxy) is 3. The Bertz CT molecular complexity index is 1630. The fourth-order valence-electron chi connectivity index (χ4n) is 5.52. The molecule has 4 aromatic rings. The first-order valence-electron chi connectivity index (χ1n) is 16.6. The number of fused-ring (bicyclic) bond motifs is 2. The Morgan fingerprint density at radius 3 is 2.28 bits per heavy atom. The lowest BCUT2D eigenvalue weighted by Gasteiger charge is -2.32. The fraction of sp³-hybridized carbons (Fsp3) is 0.529. The van der Waals surface area contributed by atoms with Crippen LogP contribution in [-0.4, -0.2) is 97.8 Å². The zero-order chi connectivity index (χ0) is 33.6. The highest BCUT2D eigenvalue weighted by molar-refractivity contribution is 6.76. The van der Waals surface area contributed by atoms with Crippen LogP contribution in [0.15, 0.2) is 48.8 Å². The van der Waals surface area contributed by atoms with Crippen LogP contribution in [0.1, 0.15) is 18.5 Å². The van der Waals surface area contributed by atoms with Crippen molar-refractivity contribution >= 4 is 44.6 Å². The van der Waals surface area contributed by atoms with E-state index >= 15 is 0 Å². The lowest BCUT2D eigenvalue weighted by Crippen LogP contribution is -2.42. The van der Waals surface area contributed by atoms with Gasteiger partial charge in [-0.2, -0.15) is 9.61 Å². The van der Waals surface area contributed by atoms with Crippen molar-refractivity contribution in [3.05, 3.63) is 54.5 Å². The number of hydrogen-bond donors (Lipinski definition) is 1. The number of pyridine rings is 1. The monoisotopic (exact) mass is 678 g/mol. The van der Waals surface area contributed by atoms with E-state index in [0.717, 1.165) is 39.9 Å². The molecule has 0 atom stereocenters. The van der Waals surface area contributed by atoms with Gasteiger partial charge in [-0.15, -0.1) is 0 Å². The lowest BCUT2D eigenvalue weighted by atomic mass is 10.1. The Labute approximate surface area is 279 Å². The van der Waals surface area contributed by atoms with Gasteiger partial charge >= 0.3 is 6.09 Å². The molecule has 1 aliphatic rings. The smallest absolute Gasteiger partial charge is 0.407 e. The van der Waals surface area contributed by atoms with E-state index in [1.807, 2.05) is 52.1 Å². The number of carboxylic acid groups (broad SMARTS) is 1. The molecule has 5 rings (SSSR count). The van der Waals surface area contributed by atoms with Crippen molar-refractivity contribution in [1.29, 1.82) is 0 Å². The quantitative estimate of drug-likeness (QED) is 0.0804. The number of aromatic nitrogens is 4. The summed E-state index contributed by atoms with van der Waals surface area (Å²) in [5, 5.41) is 16.1. The Morgan fingerprint density at radius 2 is 1.64 bits per heavy atom. The summed E-state index contributed by atoms with van der Waals surface area (Å²) in [6.45, 7) is 17.2. The van der Waals surface area contributed by atoms with E-state index in [2.05, 4.69) is 50.3 Å². The van der Waals surface area contributed by atoms with Crippen LogP contribution >= 0.6 is 0 Å². The average molecular weight is 679 g/mol. The summed E-state index contributed by atoms with van der Waals surface area (Å²) < 4.78 is 19.9. The maximum atomic E-state index is 12.5. The van der Waals surface area contributed by atoms with Gasteiger partial charge in [0.2, 0.25) is 0 Å². The van der Waals surface area contributed by atoms with E-state index in [0.29, 0.717) is 64.1 Å². The number of anilines is 1. The summed E-state index contributed by atoms with van der Waals surface area (Å²) >= 11 is 0. The topological polar surface area (TPSA) is 115 Å². The van der Waals surface area contributed by atoms with E-state index in [1.54, 1.807) is 0 Å². The maximum Gasteiger partial charge on any atom is 0.407 e. The SMILES string of the molecule is C[Si](C)(C)CCOCN(COCC[Si](C)(C)C)c1cc(CN(C(=O)O)C2CCOCC2)nc2c(-c3cnc4ccccc4c3)cnn12. The molecule has 11 nitrogen and oxygen atoms in total. The number of para-hydroxylation sites is 1. The highest BCUT2D eigenvalue weighted by Gasteiger charge is 2.28. The molecule has 1 fully saturated rings. The van der Waals surface area contributed by atoms with Gasteiger partial charge in [0.1, 0.15) is 19.3 Å². The van der Waals surface area contributed by atoms with Crippen molar-refractivity contribution in [3.63, 3.8) is 0 Å². The molecule has 1 amide bonds. The Morgan fingerprint density at radius 1 is 0.979 bits per heavy atom. The summed E-state index contributed by atoms with van der Waals surface area (Å²) in [6, 6.07) is 14.0. The Hall–Kier alpha value is -3.37. The summed E-state index contributed by atoms with van der Waals surface area (Å²) in [5.41, 5.74) is 3.87. The zero-order valence-corrected chi connectivity index (χ0v) is 30.7. The minimum Gasteiger partial charge on any atom is -0.465 e.